The first-order valence-corrected chi connectivity index (χ1v) is 10.2. The third kappa shape index (κ3) is 10.3. The van der Waals surface area contributed by atoms with Gasteiger partial charge < -0.3 is 20.4 Å². The summed E-state index contributed by atoms with van der Waals surface area (Å²) in [5.41, 5.74) is 0.829. The summed E-state index contributed by atoms with van der Waals surface area (Å²) in [5.74, 6) is -0.313. The zero-order valence-corrected chi connectivity index (χ0v) is 20.3. The minimum absolute atomic E-state index is 0. The molecule has 0 saturated heterocycles. The summed E-state index contributed by atoms with van der Waals surface area (Å²) in [4.78, 5) is 7.70. The van der Waals surface area contributed by atoms with Crippen LogP contribution in [0.1, 0.15) is 11.1 Å². The second-order valence-corrected chi connectivity index (χ2v) is 7.71. The number of hydrogen-bond donors (Lipinski definition) is 2. The molecule has 0 aromatic heterocycles. The number of hydrogen-bond acceptors (Lipinski definition) is 6. The molecule has 0 heterocycles. The van der Waals surface area contributed by atoms with Crippen LogP contribution in [0.25, 0.3) is 0 Å². The van der Waals surface area contributed by atoms with E-state index in [0.29, 0.717) is 30.1 Å². The summed E-state index contributed by atoms with van der Waals surface area (Å²) in [7, 11) is 0. The summed E-state index contributed by atoms with van der Waals surface area (Å²) in [6.45, 7) is 0.492. The minimum Gasteiger partial charge on any atom is -0.871 e. The number of benzene rings is 2. The van der Waals surface area contributed by atoms with Crippen molar-refractivity contribution in [1.82, 2.24) is 0 Å². The Hall–Kier alpha value is -0.641. The van der Waals surface area contributed by atoms with Crippen molar-refractivity contribution in [3.8, 4) is 11.5 Å². The minimum atomic E-state index is -0.156. The second kappa shape index (κ2) is 15.2. The zero-order chi connectivity index (χ0) is 21.1. The molecule has 0 bridgehead atoms. The topological polar surface area (TPSA) is 111 Å². The molecule has 161 valence electrons. The molecule has 2 N–H and O–H groups in total. The average Bonchev–Trinajstić information content (AvgIpc) is 2.64. The van der Waals surface area contributed by atoms with Crippen molar-refractivity contribution in [2.24, 2.45) is 9.98 Å². The number of halogens is 4. The standard InChI is InChI=1S/2C9H9BrClNO2.Cu/c2*10-8-4-7(11)3-6(9(8)14)5-12-1-2-13;/h2*3-5,13-14H,1-2H2;/q;;+2/p-2. The third-order valence-electron chi connectivity index (χ3n) is 2.99. The van der Waals surface area contributed by atoms with E-state index in [0.717, 1.165) is 0 Å². The quantitative estimate of drug-likeness (QED) is 0.383. The summed E-state index contributed by atoms with van der Waals surface area (Å²) >= 11 is 17.7. The van der Waals surface area contributed by atoms with Gasteiger partial charge in [0.2, 0.25) is 0 Å². The van der Waals surface area contributed by atoms with Gasteiger partial charge in [0.15, 0.2) is 0 Å². The molecule has 0 fully saturated rings. The largest absolute Gasteiger partial charge is 2.00 e. The maximum Gasteiger partial charge on any atom is 2.00 e. The molecular weight excluding hydrogens is 602 g/mol. The molecule has 2 aromatic rings. The summed E-state index contributed by atoms with van der Waals surface area (Å²) < 4.78 is 0.825. The van der Waals surface area contributed by atoms with Gasteiger partial charge in [0.1, 0.15) is 0 Å². The molecule has 1 radical (unpaired) electrons. The van der Waals surface area contributed by atoms with Crippen LogP contribution in [0.2, 0.25) is 10.0 Å². The van der Waals surface area contributed by atoms with Crippen molar-refractivity contribution in [1.29, 1.82) is 0 Å². The number of aliphatic hydroxyl groups excluding tert-OH is 2. The summed E-state index contributed by atoms with van der Waals surface area (Å²) in [6, 6.07) is 6.14. The van der Waals surface area contributed by atoms with Gasteiger partial charge in [-0.05, 0) is 35.4 Å². The number of nitrogens with zero attached hydrogens (tertiary/aromatic N) is 2. The van der Waals surface area contributed by atoms with E-state index < -0.39 is 0 Å². The van der Waals surface area contributed by atoms with E-state index in [9.17, 15) is 10.2 Å². The van der Waals surface area contributed by atoms with Gasteiger partial charge >= 0.3 is 17.1 Å². The Balaban J connectivity index is 0.000000523. The predicted octanol–water partition coefficient (Wildman–Crippen LogP) is 3.17. The normalized spacial score (nSPS) is 10.7. The van der Waals surface area contributed by atoms with E-state index in [1.165, 1.54) is 36.7 Å². The van der Waals surface area contributed by atoms with Gasteiger partial charge in [-0.25, -0.2) is 0 Å². The fourth-order valence-electron chi connectivity index (χ4n) is 1.79. The first kappa shape index (κ1) is 28.4. The van der Waals surface area contributed by atoms with Crippen molar-refractivity contribution in [2.75, 3.05) is 26.3 Å². The molecular formula is C18H16Br2Cl2CuN2O4. The SMILES string of the molecule is [Cu+2].[O-]c1c(Br)cc(Cl)cc1C=NCCO.[O-]c1c(Br)cc(Cl)cc1C=NCCO. The Labute approximate surface area is 206 Å². The second-order valence-electron chi connectivity index (χ2n) is 5.13. The van der Waals surface area contributed by atoms with Crippen LogP contribution >= 0.6 is 55.1 Å². The van der Waals surface area contributed by atoms with E-state index in [2.05, 4.69) is 41.8 Å². The van der Waals surface area contributed by atoms with Crippen LogP contribution in [-0.2, 0) is 17.1 Å². The van der Waals surface area contributed by atoms with Gasteiger partial charge in [0, 0.05) is 31.4 Å². The van der Waals surface area contributed by atoms with Crippen LogP contribution in [0.3, 0.4) is 0 Å². The number of rotatable bonds is 6. The van der Waals surface area contributed by atoms with Gasteiger partial charge in [-0.3, -0.25) is 9.98 Å². The van der Waals surface area contributed by atoms with Crippen LogP contribution < -0.4 is 10.2 Å². The van der Waals surface area contributed by atoms with E-state index >= 15 is 0 Å². The van der Waals surface area contributed by atoms with Crippen molar-refractivity contribution >= 4 is 67.5 Å². The zero-order valence-electron chi connectivity index (χ0n) is 14.7. The van der Waals surface area contributed by atoms with Crippen LogP contribution in [0, 0.1) is 0 Å². The molecule has 0 aliphatic carbocycles. The van der Waals surface area contributed by atoms with Crippen LogP contribution in [0.4, 0.5) is 0 Å². The summed E-state index contributed by atoms with van der Waals surface area (Å²) in [6.07, 6.45) is 2.82. The smallest absolute Gasteiger partial charge is 0.871 e. The molecule has 11 heteroatoms. The van der Waals surface area contributed by atoms with Crippen molar-refractivity contribution in [2.45, 2.75) is 0 Å². The van der Waals surface area contributed by atoms with Gasteiger partial charge in [-0.2, -0.15) is 0 Å². The maximum atomic E-state index is 11.5. The van der Waals surface area contributed by atoms with Gasteiger partial charge in [0.05, 0.1) is 26.3 Å². The fraction of sp³-hybridized carbons (Fsp3) is 0.222. The maximum absolute atomic E-state index is 11.5. The van der Waals surface area contributed by atoms with Crippen LogP contribution in [0.15, 0.2) is 43.2 Å². The Morgan fingerprint density at radius 3 is 1.45 bits per heavy atom. The molecule has 0 spiro atoms. The molecule has 2 aromatic carbocycles. The van der Waals surface area contributed by atoms with E-state index in [1.807, 2.05) is 0 Å². The van der Waals surface area contributed by atoms with E-state index in [1.54, 1.807) is 0 Å². The van der Waals surface area contributed by atoms with E-state index in [-0.39, 0.29) is 54.9 Å². The van der Waals surface area contributed by atoms with Gasteiger partial charge in [-0.15, -0.1) is 0 Å². The Kier molecular flexibility index (Phi) is 14.9. The molecule has 6 nitrogen and oxygen atoms in total. The monoisotopic (exact) mass is 615 g/mol. The van der Waals surface area contributed by atoms with Crippen molar-refractivity contribution in [3.05, 3.63) is 54.4 Å². The molecule has 0 amide bonds. The Morgan fingerprint density at radius 2 is 1.14 bits per heavy atom. The Bertz CT molecular complexity index is 786. The van der Waals surface area contributed by atoms with Crippen molar-refractivity contribution in [3.63, 3.8) is 0 Å². The molecule has 0 saturated carbocycles. The average molecular weight is 619 g/mol. The van der Waals surface area contributed by atoms with Gasteiger partial charge in [0.25, 0.3) is 0 Å². The number of aliphatic hydroxyl groups is 2. The predicted molar refractivity (Wildman–Crippen MR) is 116 cm³/mol. The van der Waals surface area contributed by atoms with Gasteiger partial charge in [-0.1, -0.05) is 66.6 Å². The fourth-order valence-corrected chi connectivity index (χ4v) is 3.46. The first-order chi connectivity index (χ1) is 13.3. The molecule has 0 atom stereocenters. The molecule has 2 rings (SSSR count). The molecule has 0 aliphatic rings. The molecule has 0 unspecified atom stereocenters. The van der Waals surface area contributed by atoms with Crippen LogP contribution in [-0.4, -0.2) is 48.9 Å². The molecule has 29 heavy (non-hydrogen) atoms. The first-order valence-electron chi connectivity index (χ1n) is 7.83. The molecule has 0 aliphatic heterocycles. The van der Waals surface area contributed by atoms with E-state index in [4.69, 9.17) is 33.4 Å². The number of aliphatic imine (C=N–C) groups is 2. The van der Waals surface area contributed by atoms with Crippen molar-refractivity contribution < 1.29 is 37.5 Å². The Morgan fingerprint density at radius 1 is 0.793 bits per heavy atom. The van der Waals surface area contributed by atoms with Crippen LogP contribution in [0.5, 0.6) is 11.5 Å². The third-order valence-corrected chi connectivity index (χ3v) is 4.61. The summed E-state index contributed by atoms with van der Waals surface area (Å²) in [5, 5.41) is 40.9.